The van der Waals surface area contributed by atoms with Crippen LogP contribution < -0.4 is 5.32 Å². The van der Waals surface area contributed by atoms with Gasteiger partial charge in [-0.3, -0.25) is 4.79 Å². The molecule has 1 N–H and O–H groups in total. The first-order chi connectivity index (χ1) is 6.80. The van der Waals surface area contributed by atoms with Gasteiger partial charge < -0.3 is 5.32 Å². The fraction of sp³-hybridized carbons (Fsp3) is 0.222. The molecule has 1 amide bonds. The number of carbonyl (C=O) groups excluding carboxylic acids is 1. The lowest BCUT2D eigenvalue weighted by Gasteiger charge is -2.06. The van der Waals surface area contributed by atoms with Crippen LogP contribution in [0.4, 0.5) is 5.69 Å². The van der Waals surface area contributed by atoms with Crippen LogP contribution in [0.2, 0.25) is 5.02 Å². The first-order valence-corrected chi connectivity index (χ1v) is 6.35. The highest BCUT2D eigenvalue weighted by Gasteiger charge is 2.12. The number of halogens is 1. The quantitative estimate of drug-likeness (QED) is 0.865. The van der Waals surface area contributed by atoms with E-state index < -0.39 is 9.84 Å². The van der Waals surface area contributed by atoms with Crippen molar-refractivity contribution < 1.29 is 13.2 Å². The summed E-state index contributed by atoms with van der Waals surface area (Å²) in [6.45, 7) is 1.34. The molecule has 15 heavy (non-hydrogen) atoms. The summed E-state index contributed by atoms with van der Waals surface area (Å²) in [5.41, 5.74) is 0.410. The monoisotopic (exact) mass is 247 g/mol. The van der Waals surface area contributed by atoms with Crippen molar-refractivity contribution in [2.24, 2.45) is 0 Å². The van der Waals surface area contributed by atoms with Gasteiger partial charge in [-0.1, -0.05) is 11.6 Å². The van der Waals surface area contributed by atoms with E-state index in [9.17, 15) is 13.2 Å². The van der Waals surface area contributed by atoms with Gasteiger partial charge in [0.15, 0.2) is 9.84 Å². The first kappa shape index (κ1) is 12.0. The Balaban J connectivity index is 3.23. The smallest absolute Gasteiger partial charge is 0.221 e. The number of rotatable bonds is 2. The Kier molecular flexibility index (Phi) is 3.36. The lowest BCUT2D eigenvalue weighted by atomic mass is 10.3. The Morgan fingerprint density at radius 3 is 2.47 bits per heavy atom. The molecule has 0 atom stereocenters. The van der Waals surface area contributed by atoms with E-state index >= 15 is 0 Å². The molecule has 0 aliphatic rings. The number of benzene rings is 1. The van der Waals surface area contributed by atoms with E-state index in [2.05, 4.69) is 5.32 Å². The third-order valence-corrected chi connectivity index (χ3v) is 3.23. The molecule has 0 bridgehead atoms. The zero-order valence-electron chi connectivity index (χ0n) is 8.24. The van der Waals surface area contributed by atoms with Gasteiger partial charge in [-0.15, -0.1) is 0 Å². The van der Waals surface area contributed by atoms with Gasteiger partial charge in [0.05, 0.1) is 9.92 Å². The standard InChI is InChI=1S/C9H10ClNO3S/c1-6(12)11-7-3-4-8(10)9(5-7)15(2,13)14/h3-5H,1-2H3,(H,11,12). The van der Waals surface area contributed by atoms with Gasteiger partial charge in [0.2, 0.25) is 5.91 Å². The Labute approximate surface area is 93.2 Å². The van der Waals surface area contributed by atoms with Crippen LogP contribution in [0.15, 0.2) is 23.1 Å². The van der Waals surface area contributed by atoms with Gasteiger partial charge in [-0.25, -0.2) is 8.42 Å². The average Bonchev–Trinajstić information content (AvgIpc) is 2.05. The van der Waals surface area contributed by atoms with E-state index in [1.54, 1.807) is 6.07 Å². The number of hydrogen-bond donors (Lipinski definition) is 1. The Hall–Kier alpha value is -1.07. The lowest BCUT2D eigenvalue weighted by molar-refractivity contribution is -0.114. The fourth-order valence-electron chi connectivity index (χ4n) is 1.07. The first-order valence-electron chi connectivity index (χ1n) is 4.08. The highest BCUT2D eigenvalue weighted by atomic mass is 35.5. The van der Waals surface area contributed by atoms with Crippen molar-refractivity contribution in [1.29, 1.82) is 0 Å². The summed E-state index contributed by atoms with van der Waals surface area (Å²) in [5.74, 6) is -0.267. The highest BCUT2D eigenvalue weighted by Crippen LogP contribution is 2.24. The maximum Gasteiger partial charge on any atom is 0.221 e. The predicted octanol–water partition coefficient (Wildman–Crippen LogP) is 1.70. The van der Waals surface area contributed by atoms with E-state index in [1.807, 2.05) is 0 Å². The molecule has 82 valence electrons. The molecule has 0 saturated carbocycles. The molecule has 0 heterocycles. The van der Waals surface area contributed by atoms with Crippen molar-refractivity contribution in [3.05, 3.63) is 23.2 Å². The Morgan fingerprint density at radius 2 is 2.00 bits per heavy atom. The van der Waals surface area contributed by atoms with E-state index in [4.69, 9.17) is 11.6 Å². The van der Waals surface area contributed by atoms with Gasteiger partial charge in [0.25, 0.3) is 0 Å². The van der Waals surface area contributed by atoms with Crippen molar-refractivity contribution >= 4 is 33.0 Å². The zero-order chi connectivity index (χ0) is 11.6. The SMILES string of the molecule is CC(=O)Nc1ccc(Cl)c(S(C)(=O)=O)c1. The number of amides is 1. The van der Waals surface area contributed by atoms with Crippen LogP contribution in [0.3, 0.4) is 0 Å². The molecule has 1 aromatic carbocycles. The third kappa shape index (κ3) is 3.21. The molecule has 6 heteroatoms. The van der Waals surface area contributed by atoms with Gasteiger partial charge in [-0.2, -0.15) is 0 Å². The van der Waals surface area contributed by atoms with Crippen LogP contribution in [0.1, 0.15) is 6.92 Å². The molecular formula is C9H10ClNO3S. The molecule has 0 spiro atoms. The summed E-state index contributed by atoms with van der Waals surface area (Å²) in [6, 6.07) is 4.31. The molecule has 1 aromatic rings. The number of carbonyl (C=O) groups is 1. The molecule has 1 rings (SSSR count). The molecule has 0 saturated heterocycles. The van der Waals surface area contributed by atoms with Gasteiger partial charge in [-0.05, 0) is 18.2 Å². The fourth-order valence-corrected chi connectivity index (χ4v) is 2.37. The maximum atomic E-state index is 11.3. The second-order valence-corrected chi connectivity index (χ2v) is 5.49. The summed E-state index contributed by atoms with van der Waals surface area (Å²) in [4.78, 5) is 10.8. The molecule has 0 aromatic heterocycles. The maximum absolute atomic E-state index is 11.3. The van der Waals surface area contributed by atoms with Crippen LogP contribution in [0, 0.1) is 0 Å². The van der Waals surface area contributed by atoms with Crippen molar-refractivity contribution in [3.8, 4) is 0 Å². The van der Waals surface area contributed by atoms with E-state index in [-0.39, 0.29) is 15.8 Å². The van der Waals surface area contributed by atoms with Crippen LogP contribution in [-0.2, 0) is 14.6 Å². The largest absolute Gasteiger partial charge is 0.326 e. The van der Waals surface area contributed by atoms with E-state index in [0.717, 1.165) is 6.26 Å². The van der Waals surface area contributed by atoms with Crippen LogP contribution in [-0.4, -0.2) is 20.6 Å². The van der Waals surface area contributed by atoms with Crippen molar-refractivity contribution in [2.75, 3.05) is 11.6 Å². The summed E-state index contributed by atoms with van der Waals surface area (Å²) in [5, 5.41) is 2.63. The molecular weight excluding hydrogens is 238 g/mol. The van der Waals surface area contributed by atoms with Crippen LogP contribution >= 0.6 is 11.6 Å². The van der Waals surface area contributed by atoms with Gasteiger partial charge in [0.1, 0.15) is 0 Å². The normalized spacial score (nSPS) is 11.1. The highest BCUT2D eigenvalue weighted by molar-refractivity contribution is 7.90. The van der Waals surface area contributed by atoms with Gasteiger partial charge >= 0.3 is 0 Å². The molecule has 0 unspecified atom stereocenters. The second-order valence-electron chi connectivity index (χ2n) is 3.10. The average molecular weight is 248 g/mol. The Bertz CT molecular complexity index is 496. The number of sulfone groups is 1. The molecule has 0 fully saturated rings. The minimum atomic E-state index is -3.38. The topological polar surface area (TPSA) is 63.2 Å². The summed E-state index contributed by atoms with van der Waals surface area (Å²) >= 11 is 5.73. The van der Waals surface area contributed by atoms with Crippen molar-refractivity contribution in [3.63, 3.8) is 0 Å². The van der Waals surface area contributed by atoms with Crippen molar-refractivity contribution in [1.82, 2.24) is 0 Å². The van der Waals surface area contributed by atoms with E-state index in [1.165, 1.54) is 19.1 Å². The summed E-state index contributed by atoms with van der Waals surface area (Å²) in [6.07, 6.45) is 1.06. The number of hydrogen-bond acceptors (Lipinski definition) is 3. The van der Waals surface area contributed by atoms with Crippen LogP contribution in [0.25, 0.3) is 0 Å². The second kappa shape index (κ2) is 4.20. The summed E-state index contributed by atoms with van der Waals surface area (Å²) < 4.78 is 22.6. The van der Waals surface area contributed by atoms with Gasteiger partial charge in [0, 0.05) is 18.9 Å². The molecule has 0 aliphatic heterocycles. The predicted molar refractivity (Wildman–Crippen MR) is 58.9 cm³/mol. The third-order valence-electron chi connectivity index (χ3n) is 1.65. The number of nitrogens with one attached hydrogen (secondary N) is 1. The Morgan fingerprint density at radius 1 is 1.40 bits per heavy atom. The molecule has 4 nitrogen and oxygen atoms in total. The lowest BCUT2D eigenvalue weighted by Crippen LogP contribution is -2.07. The van der Waals surface area contributed by atoms with Crippen LogP contribution in [0.5, 0.6) is 0 Å². The molecule has 0 radical (unpaired) electrons. The summed E-state index contributed by atoms with van der Waals surface area (Å²) in [7, 11) is -3.38. The minimum Gasteiger partial charge on any atom is -0.326 e. The van der Waals surface area contributed by atoms with E-state index in [0.29, 0.717) is 5.69 Å². The minimum absolute atomic E-state index is 0.00965. The number of anilines is 1. The zero-order valence-corrected chi connectivity index (χ0v) is 9.82. The molecule has 0 aliphatic carbocycles. The van der Waals surface area contributed by atoms with Crippen molar-refractivity contribution in [2.45, 2.75) is 11.8 Å².